The maximum absolute atomic E-state index is 12.3. The minimum atomic E-state index is -3.66. The zero-order chi connectivity index (χ0) is 19.2. The van der Waals surface area contributed by atoms with Gasteiger partial charge in [-0.2, -0.15) is 0 Å². The zero-order valence-corrected chi connectivity index (χ0v) is 16.0. The van der Waals surface area contributed by atoms with E-state index < -0.39 is 15.9 Å². The molecule has 0 aliphatic carbocycles. The summed E-state index contributed by atoms with van der Waals surface area (Å²) in [5.41, 5.74) is 2.48. The van der Waals surface area contributed by atoms with Gasteiger partial charge in [-0.15, -0.1) is 0 Å². The summed E-state index contributed by atoms with van der Waals surface area (Å²) in [6, 6.07) is 14.4. The molecule has 2 N–H and O–H groups in total. The number of rotatable bonds is 8. The number of benzene rings is 2. The predicted molar refractivity (Wildman–Crippen MR) is 103 cm³/mol. The van der Waals surface area contributed by atoms with E-state index in [2.05, 4.69) is 10.0 Å². The number of methoxy groups -OCH3 is 1. The third kappa shape index (κ3) is 5.77. The van der Waals surface area contributed by atoms with Gasteiger partial charge < -0.3 is 10.1 Å². The summed E-state index contributed by atoms with van der Waals surface area (Å²) in [5, 5.41) is 2.79. The fourth-order valence-electron chi connectivity index (χ4n) is 2.48. The van der Waals surface area contributed by atoms with E-state index in [0.717, 1.165) is 11.1 Å². The van der Waals surface area contributed by atoms with Crippen molar-refractivity contribution in [1.29, 1.82) is 0 Å². The molecule has 0 aliphatic rings. The van der Waals surface area contributed by atoms with Gasteiger partial charge in [0.05, 0.1) is 24.5 Å². The quantitative estimate of drug-likeness (QED) is 0.742. The predicted octanol–water partition coefficient (Wildman–Crippen LogP) is 2.70. The van der Waals surface area contributed by atoms with Gasteiger partial charge in [-0.05, 0) is 30.2 Å². The zero-order valence-electron chi connectivity index (χ0n) is 15.2. The molecule has 26 heavy (non-hydrogen) atoms. The largest absolute Gasteiger partial charge is 0.497 e. The first kappa shape index (κ1) is 19.8. The van der Waals surface area contributed by atoms with E-state index in [4.69, 9.17) is 4.74 Å². The molecular weight excluding hydrogens is 352 g/mol. The molecule has 140 valence electrons. The number of amides is 1. The van der Waals surface area contributed by atoms with Gasteiger partial charge in [0.15, 0.2) is 0 Å². The van der Waals surface area contributed by atoms with Crippen molar-refractivity contribution in [3.63, 3.8) is 0 Å². The Labute approximate surface area is 154 Å². The molecule has 1 amide bonds. The van der Waals surface area contributed by atoms with E-state index in [1.807, 2.05) is 31.2 Å². The lowest BCUT2D eigenvalue weighted by molar-refractivity contribution is -0.124. The molecule has 1 atom stereocenters. The maximum atomic E-state index is 12.3. The SMILES string of the molecule is COc1cccc(NS(=O)(=O)CC(C)C(=O)NCc2ccccc2C)c1. The highest BCUT2D eigenvalue weighted by molar-refractivity contribution is 7.92. The van der Waals surface area contributed by atoms with Gasteiger partial charge in [0.1, 0.15) is 5.75 Å². The molecule has 0 aromatic heterocycles. The highest BCUT2D eigenvalue weighted by Crippen LogP contribution is 2.18. The van der Waals surface area contributed by atoms with Crippen LogP contribution in [0.3, 0.4) is 0 Å². The number of carbonyl (C=O) groups is 1. The number of hydrogen-bond donors (Lipinski definition) is 2. The van der Waals surface area contributed by atoms with Crippen LogP contribution in [0.5, 0.6) is 5.75 Å². The number of sulfonamides is 1. The first-order valence-corrected chi connectivity index (χ1v) is 9.92. The van der Waals surface area contributed by atoms with Gasteiger partial charge >= 0.3 is 0 Å². The number of hydrogen-bond acceptors (Lipinski definition) is 4. The van der Waals surface area contributed by atoms with Crippen LogP contribution in [0.1, 0.15) is 18.1 Å². The summed E-state index contributed by atoms with van der Waals surface area (Å²) in [4.78, 5) is 12.2. The van der Waals surface area contributed by atoms with Crippen molar-refractivity contribution in [3.8, 4) is 5.75 Å². The highest BCUT2D eigenvalue weighted by Gasteiger charge is 2.21. The van der Waals surface area contributed by atoms with Crippen LogP contribution in [0.2, 0.25) is 0 Å². The average Bonchev–Trinajstić information content (AvgIpc) is 2.60. The number of nitrogens with one attached hydrogen (secondary N) is 2. The van der Waals surface area contributed by atoms with E-state index in [0.29, 0.717) is 18.0 Å². The molecule has 0 bridgehead atoms. The Balaban J connectivity index is 1.93. The van der Waals surface area contributed by atoms with Crippen LogP contribution in [-0.2, 0) is 21.4 Å². The summed E-state index contributed by atoms with van der Waals surface area (Å²) in [6.07, 6.45) is 0. The summed E-state index contributed by atoms with van der Waals surface area (Å²) in [6.45, 7) is 3.94. The molecule has 2 aromatic carbocycles. The molecule has 0 saturated heterocycles. The van der Waals surface area contributed by atoms with Crippen molar-refractivity contribution in [2.75, 3.05) is 17.6 Å². The van der Waals surface area contributed by atoms with Gasteiger partial charge in [0.25, 0.3) is 0 Å². The van der Waals surface area contributed by atoms with E-state index in [9.17, 15) is 13.2 Å². The van der Waals surface area contributed by atoms with Gasteiger partial charge in [-0.1, -0.05) is 37.3 Å². The normalized spacial score (nSPS) is 12.3. The summed E-state index contributed by atoms with van der Waals surface area (Å²) < 4.78 is 32.2. The monoisotopic (exact) mass is 376 g/mol. The van der Waals surface area contributed by atoms with Crippen molar-refractivity contribution in [1.82, 2.24) is 5.32 Å². The maximum Gasteiger partial charge on any atom is 0.233 e. The van der Waals surface area contributed by atoms with Crippen molar-refractivity contribution >= 4 is 21.6 Å². The fraction of sp³-hybridized carbons (Fsp3) is 0.316. The fourth-order valence-corrected chi connectivity index (χ4v) is 3.86. The van der Waals surface area contributed by atoms with E-state index >= 15 is 0 Å². The molecule has 6 nitrogen and oxygen atoms in total. The van der Waals surface area contributed by atoms with Gasteiger partial charge in [-0.3, -0.25) is 9.52 Å². The topological polar surface area (TPSA) is 84.5 Å². The van der Waals surface area contributed by atoms with Crippen LogP contribution < -0.4 is 14.8 Å². The van der Waals surface area contributed by atoms with E-state index in [1.54, 1.807) is 31.2 Å². The molecule has 0 aliphatic heterocycles. The molecular formula is C19H24N2O4S. The Morgan fingerprint density at radius 2 is 1.88 bits per heavy atom. The van der Waals surface area contributed by atoms with Crippen LogP contribution in [0, 0.1) is 12.8 Å². The Kier molecular flexibility index (Phi) is 6.63. The van der Waals surface area contributed by atoms with E-state index in [-0.39, 0.29) is 11.7 Å². The van der Waals surface area contributed by atoms with Crippen LogP contribution in [0.4, 0.5) is 5.69 Å². The minimum absolute atomic E-state index is 0.302. The molecule has 0 fully saturated rings. The first-order chi connectivity index (χ1) is 12.3. The number of carbonyl (C=O) groups excluding carboxylic acids is 1. The Morgan fingerprint density at radius 1 is 1.15 bits per heavy atom. The standard InChI is InChI=1S/C19H24N2O4S/c1-14-7-4-5-8-16(14)12-20-19(22)15(2)13-26(23,24)21-17-9-6-10-18(11-17)25-3/h4-11,15,21H,12-13H2,1-3H3,(H,20,22). The second kappa shape index (κ2) is 8.71. The van der Waals surface area contributed by atoms with Crippen molar-refractivity contribution in [2.45, 2.75) is 20.4 Å². The lowest BCUT2D eigenvalue weighted by atomic mass is 10.1. The summed E-state index contributed by atoms with van der Waals surface area (Å²) in [5.74, 6) is -0.732. The lowest BCUT2D eigenvalue weighted by Gasteiger charge is -2.15. The minimum Gasteiger partial charge on any atom is -0.497 e. The second-order valence-electron chi connectivity index (χ2n) is 6.16. The van der Waals surface area contributed by atoms with Crippen molar-refractivity contribution in [2.24, 2.45) is 5.92 Å². The molecule has 1 unspecified atom stereocenters. The molecule has 2 aromatic rings. The molecule has 2 rings (SSSR count). The first-order valence-electron chi connectivity index (χ1n) is 8.27. The van der Waals surface area contributed by atoms with Crippen LogP contribution >= 0.6 is 0 Å². The Morgan fingerprint density at radius 3 is 2.58 bits per heavy atom. The van der Waals surface area contributed by atoms with Gasteiger partial charge in [0.2, 0.25) is 15.9 Å². The van der Waals surface area contributed by atoms with Crippen LogP contribution in [-0.4, -0.2) is 27.2 Å². The smallest absolute Gasteiger partial charge is 0.233 e. The van der Waals surface area contributed by atoms with Crippen LogP contribution in [0.25, 0.3) is 0 Å². The van der Waals surface area contributed by atoms with Crippen LogP contribution in [0.15, 0.2) is 48.5 Å². The molecule has 0 radical (unpaired) electrons. The Bertz CT molecular complexity index is 865. The average molecular weight is 376 g/mol. The second-order valence-corrected chi connectivity index (χ2v) is 7.93. The van der Waals surface area contributed by atoms with Crippen molar-refractivity contribution < 1.29 is 17.9 Å². The summed E-state index contributed by atoms with van der Waals surface area (Å²) in [7, 11) is -2.15. The van der Waals surface area contributed by atoms with Crippen molar-refractivity contribution in [3.05, 3.63) is 59.7 Å². The van der Waals surface area contributed by atoms with Gasteiger partial charge in [-0.25, -0.2) is 8.42 Å². The van der Waals surface area contributed by atoms with E-state index in [1.165, 1.54) is 7.11 Å². The molecule has 7 heteroatoms. The number of anilines is 1. The highest BCUT2D eigenvalue weighted by atomic mass is 32.2. The van der Waals surface area contributed by atoms with Gasteiger partial charge in [0, 0.05) is 12.6 Å². The lowest BCUT2D eigenvalue weighted by Crippen LogP contribution is -2.34. The number of ether oxygens (including phenoxy) is 1. The molecule has 0 spiro atoms. The molecule has 0 saturated carbocycles. The number of aryl methyl sites for hydroxylation is 1. The third-order valence-electron chi connectivity index (χ3n) is 3.97. The third-order valence-corrected chi connectivity index (χ3v) is 5.46. The summed E-state index contributed by atoms with van der Waals surface area (Å²) >= 11 is 0. The Hall–Kier alpha value is -2.54. The molecule has 0 heterocycles.